The third-order valence-electron chi connectivity index (χ3n) is 4.26. The summed E-state index contributed by atoms with van der Waals surface area (Å²) in [4.78, 5) is 15.8. The molecule has 10 heteroatoms. The molecule has 134 valence electrons. The van der Waals surface area contributed by atoms with Gasteiger partial charge in [-0.1, -0.05) is 0 Å². The van der Waals surface area contributed by atoms with Gasteiger partial charge in [-0.15, -0.1) is 11.3 Å². The van der Waals surface area contributed by atoms with Crippen molar-refractivity contribution in [3.05, 3.63) is 34.1 Å². The van der Waals surface area contributed by atoms with Crippen molar-refractivity contribution in [2.24, 2.45) is 5.41 Å². The molecule has 0 fully saturated rings. The quantitative estimate of drug-likeness (QED) is 0.579. The lowest BCUT2D eigenvalue weighted by Crippen LogP contribution is -2.45. The van der Waals surface area contributed by atoms with Crippen molar-refractivity contribution in [1.29, 1.82) is 0 Å². The van der Waals surface area contributed by atoms with Crippen LogP contribution in [0.2, 0.25) is 0 Å². The lowest BCUT2D eigenvalue weighted by Gasteiger charge is -2.32. The Morgan fingerprint density at radius 2 is 1.88 bits per heavy atom. The van der Waals surface area contributed by atoms with E-state index in [-0.39, 0.29) is 22.0 Å². The van der Waals surface area contributed by atoms with Gasteiger partial charge in [0.2, 0.25) is 5.82 Å². The number of phenols is 1. The van der Waals surface area contributed by atoms with Crippen LogP contribution in [0.25, 0.3) is 10.6 Å². The Morgan fingerprint density at radius 1 is 1.24 bits per heavy atom. The highest BCUT2D eigenvalue weighted by Crippen LogP contribution is 2.49. The number of hydrogen-bond acceptors (Lipinski definition) is 4. The number of Topliss-reactive ketones (excluding diaryl/α,β-unsaturated/α-hetero) is 1. The van der Waals surface area contributed by atoms with E-state index in [9.17, 15) is 31.1 Å². The Kier molecular flexibility index (Phi) is 3.86. The van der Waals surface area contributed by atoms with Crippen LogP contribution in [0.5, 0.6) is 5.75 Å². The Morgan fingerprint density at radius 3 is 2.48 bits per heavy atom. The van der Waals surface area contributed by atoms with Gasteiger partial charge in [0.15, 0.2) is 23.2 Å². The molecule has 1 atom stereocenters. The highest BCUT2D eigenvalue weighted by atomic mass is 32.1. The van der Waals surface area contributed by atoms with Crippen molar-refractivity contribution >= 4 is 17.1 Å². The zero-order valence-corrected chi connectivity index (χ0v) is 13.3. The summed E-state index contributed by atoms with van der Waals surface area (Å²) in [6.45, 7) is 0.776. The van der Waals surface area contributed by atoms with Crippen LogP contribution in [-0.4, -0.2) is 22.1 Å². The third-order valence-corrected chi connectivity index (χ3v) is 5.39. The Balaban J connectivity index is 2.12. The number of rotatable bonds is 1. The first kappa shape index (κ1) is 17.7. The van der Waals surface area contributed by atoms with Crippen molar-refractivity contribution < 1.29 is 36.2 Å². The van der Waals surface area contributed by atoms with Gasteiger partial charge in [0.25, 0.3) is 0 Å². The molecule has 1 aromatic heterocycles. The largest absolute Gasteiger partial charge is 0.503 e. The van der Waals surface area contributed by atoms with E-state index in [1.807, 2.05) is 0 Å². The standard InChI is InChI=1S/C15H9F6NO2S/c1-14(15(19,20)21)3-2-7-11(12(14)24)25-13(22-7)5-4-6(16)10(23)9(18)8(5)17/h4,23H,2-3H2,1H3/t14-/m1/s1. The summed E-state index contributed by atoms with van der Waals surface area (Å²) < 4.78 is 80.4. The minimum atomic E-state index is -4.77. The minimum absolute atomic E-state index is 0.0278. The highest BCUT2D eigenvalue weighted by Gasteiger charge is 2.58. The topological polar surface area (TPSA) is 50.2 Å². The van der Waals surface area contributed by atoms with Crippen molar-refractivity contribution in [1.82, 2.24) is 4.98 Å². The smallest absolute Gasteiger partial charge is 0.401 e. The number of aromatic nitrogens is 1. The molecular weight excluding hydrogens is 372 g/mol. The first-order valence-electron chi connectivity index (χ1n) is 6.95. The van der Waals surface area contributed by atoms with E-state index in [1.54, 1.807) is 0 Å². The number of halogens is 6. The molecule has 0 unspecified atom stereocenters. The number of carbonyl (C=O) groups excluding carboxylic acids is 1. The first-order chi connectivity index (χ1) is 11.5. The maximum Gasteiger partial charge on any atom is 0.401 e. The summed E-state index contributed by atoms with van der Waals surface area (Å²) in [5, 5.41) is 8.70. The summed E-state index contributed by atoms with van der Waals surface area (Å²) in [6.07, 6.45) is -5.47. The summed E-state index contributed by atoms with van der Waals surface area (Å²) in [7, 11) is 0. The van der Waals surface area contributed by atoms with Crippen LogP contribution in [0.15, 0.2) is 6.07 Å². The number of benzene rings is 1. The van der Waals surface area contributed by atoms with Crippen LogP contribution >= 0.6 is 11.3 Å². The van der Waals surface area contributed by atoms with Gasteiger partial charge in [-0.3, -0.25) is 4.79 Å². The number of phenolic OH excluding ortho intramolecular Hbond substituents is 1. The molecule has 0 aliphatic heterocycles. The van der Waals surface area contributed by atoms with Crippen molar-refractivity contribution in [2.75, 3.05) is 0 Å². The van der Waals surface area contributed by atoms with Gasteiger partial charge in [-0.2, -0.15) is 17.6 Å². The second-order valence-corrected chi connectivity index (χ2v) is 6.84. The Hall–Kier alpha value is -2.10. The molecule has 3 rings (SSSR count). The predicted molar refractivity (Wildman–Crippen MR) is 75.9 cm³/mol. The Bertz CT molecular complexity index is 891. The van der Waals surface area contributed by atoms with Gasteiger partial charge in [0, 0.05) is 0 Å². The van der Waals surface area contributed by atoms with E-state index in [1.165, 1.54) is 0 Å². The van der Waals surface area contributed by atoms with Crippen LogP contribution in [0.4, 0.5) is 26.3 Å². The van der Waals surface area contributed by atoms with E-state index < -0.39 is 52.6 Å². The average molecular weight is 381 g/mol. The van der Waals surface area contributed by atoms with Gasteiger partial charge >= 0.3 is 6.18 Å². The number of ketones is 1. The molecule has 0 amide bonds. The summed E-state index contributed by atoms with van der Waals surface area (Å²) in [5.74, 6) is -7.60. The number of nitrogens with zero attached hydrogens (tertiary/aromatic N) is 1. The zero-order chi connectivity index (χ0) is 18.7. The molecule has 1 aliphatic carbocycles. The molecule has 1 aliphatic rings. The first-order valence-corrected chi connectivity index (χ1v) is 7.77. The van der Waals surface area contributed by atoms with E-state index in [2.05, 4.69) is 4.98 Å². The van der Waals surface area contributed by atoms with E-state index in [0.29, 0.717) is 17.4 Å². The predicted octanol–water partition coefficient (Wildman–Crippen LogP) is 4.63. The maximum atomic E-state index is 13.9. The molecule has 25 heavy (non-hydrogen) atoms. The molecule has 0 saturated heterocycles. The number of aryl methyl sites for hydroxylation is 1. The highest BCUT2D eigenvalue weighted by molar-refractivity contribution is 7.17. The molecule has 0 radical (unpaired) electrons. The summed E-state index contributed by atoms with van der Waals surface area (Å²) in [5.41, 5.74) is -3.23. The number of alkyl halides is 3. The van der Waals surface area contributed by atoms with Gasteiger partial charge < -0.3 is 5.11 Å². The lowest BCUT2D eigenvalue weighted by atomic mass is 9.75. The van der Waals surface area contributed by atoms with Crippen molar-refractivity contribution in [2.45, 2.75) is 25.9 Å². The minimum Gasteiger partial charge on any atom is -0.503 e. The second kappa shape index (κ2) is 5.45. The SMILES string of the molecule is C[C@@]1(C(F)(F)F)CCc2nc(-c3cc(F)c(O)c(F)c3F)sc2C1=O. The molecule has 0 spiro atoms. The normalized spacial score (nSPS) is 20.7. The van der Waals surface area contributed by atoms with Crippen LogP contribution in [0.1, 0.15) is 28.7 Å². The fourth-order valence-electron chi connectivity index (χ4n) is 2.56. The van der Waals surface area contributed by atoms with Gasteiger partial charge in [0.05, 0.1) is 16.1 Å². The second-order valence-electron chi connectivity index (χ2n) is 5.84. The molecule has 3 nitrogen and oxygen atoms in total. The molecular formula is C15H9F6NO2S. The van der Waals surface area contributed by atoms with E-state index >= 15 is 0 Å². The maximum absolute atomic E-state index is 13.9. The molecule has 1 heterocycles. The molecule has 1 N–H and O–H groups in total. The van der Waals surface area contributed by atoms with E-state index in [4.69, 9.17) is 5.11 Å². The van der Waals surface area contributed by atoms with Crippen LogP contribution in [0.3, 0.4) is 0 Å². The number of hydrogen-bond donors (Lipinski definition) is 1. The van der Waals surface area contributed by atoms with Crippen LogP contribution in [-0.2, 0) is 6.42 Å². The molecule has 1 aromatic carbocycles. The third kappa shape index (κ3) is 2.50. The van der Waals surface area contributed by atoms with Crippen LogP contribution in [0, 0.1) is 22.9 Å². The molecule has 0 bridgehead atoms. The van der Waals surface area contributed by atoms with E-state index in [0.717, 1.165) is 6.92 Å². The number of thiazole rings is 1. The van der Waals surface area contributed by atoms with Gasteiger partial charge in [0.1, 0.15) is 10.4 Å². The summed E-state index contributed by atoms with van der Waals surface area (Å²) in [6, 6.07) is 0.478. The number of carbonyl (C=O) groups is 1. The molecule has 2 aromatic rings. The summed E-state index contributed by atoms with van der Waals surface area (Å²) >= 11 is 0.437. The number of aromatic hydroxyl groups is 1. The fourth-order valence-corrected chi connectivity index (χ4v) is 3.75. The monoisotopic (exact) mass is 381 g/mol. The van der Waals surface area contributed by atoms with Crippen molar-refractivity contribution in [3.8, 4) is 16.3 Å². The lowest BCUT2D eigenvalue weighted by molar-refractivity contribution is -0.200. The van der Waals surface area contributed by atoms with Crippen LogP contribution < -0.4 is 0 Å². The average Bonchev–Trinajstić information content (AvgIpc) is 2.96. The number of fused-ring (bicyclic) bond motifs is 1. The van der Waals surface area contributed by atoms with Gasteiger partial charge in [-0.05, 0) is 25.8 Å². The fraction of sp³-hybridized carbons (Fsp3) is 0.333. The van der Waals surface area contributed by atoms with Gasteiger partial charge in [-0.25, -0.2) is 13.8 Å². The Labute approximate surface area is 140 Å². The van der Waals surface area contributed by atoms with Crippen molar-refractivity contribution in [3.63, 3.8) is 0 Å². The zero-order valence-electron chi connectivity index (χ0n) is 12.5. The molecule has 0 saturated carbocycles.